The van der Waals surface area contributed by atoms with Gasteiger partial charge < -0.3 is 25.2 Å². The van der Waals surface area contributed by atoms with E-state index in [0.717, 1.165) is 24.5 Å². The number of urea groups is 1. The predicted octanol–water partition coefficient (Wildman–Crippen LogP) is 2.88. The monoisotopic (exact) mass is 428 g/mol. The number of nitrogens with zero attached hydrogens (tertiary/aromatic N) is 2. The third-order valence-corrected chi connectivity index (χ3v) is 5.09. The van der Waals surface area contributed by atoms with Crippen molar-refractivity contribution >= 4 is 17.6 Å². The molecule has 0 spiro atoms. The van der Waals surface area contributed by atoms with E-state index in [1.165, 1.54) is 24.3 Å². The molecule has 0 unspecified atom stereocenters. The van der Waals surface area contributed by atoms with E-state index in [0.29, 0.717) is 44.8 Å². The van der Waals surface area contributed by atoms with Gasteiger partial charge in [0.2, 0.25) is 0 Å². The number of ether oxygens (including phenoxy) is 1. The number of hydrogen-bond acceptors (Lipinski definition) is 4. The van der Waals surface area contributed by atoms with Crippen molar-refractivity contribution in [1.82, 2.24) is 15.5 Å². The van der Waals surface area contributed by atoms with Crippen LogP contribution in [0.3, 0.4) is 0 Å². The molecule has 1 heterocycles. The van der Waals surface area contributed by atoms with Gasteiger partial charge in [0.1, 0.15) is 11.6 Å². The van der Waals surface area contributed by atoms with E-state index < -0.39 is 0 Å². The number of rotatable bonds is 8. The van der Waals surface area contributed by atoms with Gasteiger partial charge in [0.25, 0.3) is 5.91 Å². The predicted molar refractivity (Wildman–Crippen MR) is 118 cm³/mol. The summed E-state index contributed by atoms with van der Waals surface area (Å²) in [6, 6.07) is 13.3. The molecule has 0 saturated carbocycles. The van der Waals surface area contributed by atoms with Crippen LogP contribution in [-0.2, 0) is 0 Å². The number of hydrogen-bond donors (Lipinski definition) is 2. The molecule has 1 aliphatic rings. The van der Waals surface area contributed by atoms with Gasteiger partial charge in [-0.2, -0.15) is 0 Å². The largest absolute Gasteiger partial charge is 0.492 e. The normalized spacial score (nSPS) is 13.6. The number of benzene rings is 2. The van der Waals surface area contributed by atoms with Crippen LogP contribution in [0, 0.1) is 5.82 Å². The fourth-order valence-corrected chi connectivity index (χ4v) is 3.45. The Morgan fingerprint density at radius 3 is 2.35 bits per heavy atom. The van der Waals surface area contributed by atoms with Crippen molar-refractivity contribution in [2.75, 3.05) is 50.8 Å². The second-order valence-electron chi connectivity index (χ2n) is 7.22. The van der Waals surface area contributed by atoms with Gasteiger partial charge in [-0.05, 0) is 49.7 Å². The van der Waals surface area contributed by atoms with E-state index in [4.69, 9.17) is 4.74 Å². The zero-order valence-corrected chi connectivity index (χ0v) is 17.8. The first kappa shape index (κ1) is 22.4. The standard InChI is InChI=1S/C23H29FN4O3/c1-2-31-21-7-4-3-6-20(21)27-14-16-28(17-15-27)23(30)26-13-5-12-25-22(29)18-8-10-19(24)11-9-18/h3-4,6-11H,2,5,12-17H2,1H3,(H,25,29)(H,26,30). The molecule has 166 valence electrons. The highest BCUT2D eigenvalue weighted by atomic mass is 19.1. The van der Waals surface area contributed by atoms with Crippen LogP contribution in [-0.4, -0.2) is 62.7 Å². The fourth-order valence-electron chi connectivity index (χ4n) is 3.45. The average Bonchev–Trinajstić information content (AvgIpc) is 2.80. The topological polar surface area (TPSA) is 73.9 Å². The number of amides is 3. The quantitative estimate of drug-likeness (QED) is 0.634. The van der Waals surface area contributed by atoms with E-state index >= 15 is 0 Å². The first-order valence-corrected chi connectivity index (χ1v) is 10.6. The van der Waals surface area contributed by atoms with E-state index in [1.807, 2.05) is 31.2 Å². The summed E-state index contributed by atoms with van der Waals surface area (Å²) >= 11 is 0. The Morgan fingerprint density at radius 1 is 0.968 bits per heavy atom. The third-order valence-electron chi connectivity index (χ3n) is 5.09. The van der Waals surface area contributed by atoms with Crippen molar-refractivity contribution in [3.63, 3.8) is 0 Å². The molecule has 1 aliphatic heterocycles. The van der Waals surface area contributed by atoms with E-state index in [9.17, 15) is 14.0 Å². The van der Waals surface area contributed by atoms with Crippen LogP contribution in [0.5, 0.6) is 5.75 Å². The Morgan fingerprint density at radius 2 is 1.65 bits per heavy atom. The summed E-state index contributed by atoms with van der Waals surface area (Å²) in [5.41, 5.74) is 1.47. The number of carbonyl (C=O) groups excluding carboxylic acids is 2. The van der Waals surface area contributed by atoms with Gasteiger partial charge in [0.15, 0.2) is 0 Å². The average molecular weight is 429 g/mol. The third kappa shape index (κ3) is 6.34. The van der Waals surface area contributed by atoms with Gasteiger partial charge in [-0.3, -0.25) is 4.79 Å². The molecule has 0 atom stereocenters. The van der Waals surface area contributed by atoms with Crippen LogP contribution in [0.15, 0.2) is 48.5 Å². The molecule has 3 amide bonds. The fraction of sp³-hybridized carbons (Fsp3) is 0.391. The Hall–Kier alpha value is -3.29. The number of piperazine rings is 1. The van der Waals surface area contributed by atoms with E-state index in [2.05, 4.69) is 15.5 Å². The maximum Gasteiger partial charge on any atom is 0.317 e. The molecule has 0 bridgehead atoms. The molecular weight excluding hydrogens is 399 g/mol. The molecule has 1 saturated heterocycles. The van der Waals surface area contributed by atoms with Crippen molar-refractivity contribution in [2.45, 2.75) is 13.3 Å². The smallest absolute Gasteiger partial charge is 0.317 e. The second-order valence-corrected chi connectivity index (χ2v) is 7.22. The Kier molecular flexibility index (Phi) is 8.09. The lowest BCUT2D eigenvalue weighted by atomic mass is 10.2. The molecule has 7 nitrogen and oxygen atoms in total. The number of carbonyl (C=O) groups is 2. The van der Waals surface area contributed by atoms with Crippen LogP contribution < -0.4 is 20.3 Å². The minimum atomic E-state index is -0.376. The second kappa shape index (κ2) is 11.2. The lowest BCUT2D eigenvalue weighted by Crippen LogP contribution is -2.52. The van der Waals surface area contributed by atoms with Crippen LogP contribution in [0.25, 0.3) is 0 Å². The molecule has 0 aromatic heterocycles. The van der Waals surface area contributed by atoms with Crippen LogP contribution >= 0.6 is 0 Å². The molecule has 2 aromatic rings. The van der Waals surface area contributed by atoms with Crippen molar-refractivity contribution in [3.8, 4) is 5.75 Å². The molecule has 2 aromatic carbocycles. The Bertz CT molecular complexity index is 867. The first-order chi connectivity index (χ1) is 15.1. The van der Waals surface area contributed by atoms with Crippen LogP contribution in [0.4, 0.5) is 14.9 Å². The summed E-state index contributed by atoms with van der Waals surface area (Å²) in [6.07, 6.45) is 0.611. The highest BCUT2D eigenvalue weighted by Gasteiger charge is 2.22. The number of anilines is 1. The summed E-state index contributed by atoms with van der Waals surface area (Å²) in [6.45, 7) is 6.23. The van der Waals surface area contributed by atoms with Gasteiger partial charge in [-0.1, -0.05) is 12.1 Å². The van der Waals surface area contributed by atoms with Crippen molar-refractivity contribution in [1.29, 1.82) is 0 Å². The van der Waals surface area contributed by atoms with E-state index in [1.54, 1.807) is 4.90 Å². The molecule has 3 rings (SSSR count). The summed E-state index contributed by atoms with van der Waals surface area (Å²) in [5.74, 6) is 0.235. The highest BCUT2D eigenvalue weighted by molar-refractivity contribution is 5.94. The first-order valence-electron chi connectivity index (χ1n) is 10.6. The van der Waals surface area contributed by atoms with Crippen LogP contribution in [0.2, 0.25) is 0 Å². The van der Waals surface area contributed by atoms with E-state index in [-0.39, 0.29) is 17.8 Å². The van der Waals surface area contributed by atoms with Gasteiger partial charge in [0.05, 0.1) is 12.3 Å². The minimum absolute atomic E-state index is 0.0948. The SMILES string of the molecule is CCOc1ccccc1N1CCN(C(=O)NCCCNC(=O)c2ccc(F)cc2)CC1. The minimum Gasteiger partial charge on any atom is -0.492 e. The molecule has 0 aliphatic carbocycles. The summed E-state index contributed by atoms with van der Waals surface area (Å²) in [7, 11) is 0. The zero-order valence-electron chi connectivity index (χ0n) is 17.8. The van der Waals surface area contributed by atoms with Gasteiger partial charge in [0, 0.05) is 44.8 Å². The zero-order chi connectivity index (χ0) is 22.1. The summed E-state index contributed by atoms with van der Waals surface area (Å²) < 4.78 is 18.6. The molecular formula is C23H29FN4O3. The number of nitrogens with one attached hydrogen (secondary N) is 2. The number of para-hydroxylation sites is 2. The van der Waals surface area contributed by atoms with Crippen LogP contribution in [0.1, 0.15) is 23.7 Å². The molecule has 31 heavy (non-hydrogen) atoms. The molecule has 2 N–H and O–H groups in total. The number of halogens is 1. The van der Waals surface area contributed by atoms with Crippen molar-refractivity contribution in [2.24, 2.45) is 0 Å². The Balaban J connectivity index is 1.35. The molecule has 8 heteroatoms. The lowest BCUT2D eigenvalue weighted by Gasteiger charge is -2.36. The summed E-state index contributed by atoms with van der Waals surface area (Å²) in [5, 5.41) is 5.67. The maximum absolute atomic E-state index is 12.9. The molecule has 0 radical (unpaired) electrons. The lowest BCUT2D eigenvalue weighted by molar-refractivity contribution is 0.0953. The van der Waals surface area contributed by atoms with Crippen molar-refractivity contribution in [3.05, 3.63) is 59.9 Å². The Labute approximate surface area is 182 Å². The van der Waals surface area contributed by atoms with Gasteiger partial charge in [-0.25, -0.2) is 9.18 Å². The molecule has 1 fully saturated rings. The summed E-state index contributed by atoms with van der Waals surface area (Å²) in [4.78, 5) is 28.4. The van der Waals surface area contributed by atoms with Crippen molar-refractivity contribution < 1.29 is 18.7 Å². The van der Waals surface area contributed by atoms with Gasteiger partial charge in [-0.15, -0.1) is 0 Å². The highest BCUT2D eigenvalue weighted by Crippen LogP contribution is 2.28. The van der Waals surface area contributed by atoms with Gasteiger partial charge >= 0.3 is 6.03 Å². The maximum atomic E-state index is 12.9.